The van der Waals surface area contributed by atoms with E-state index in [1.807, 2.05) is 7.05 Å². The molecule has 0 aromatic carbocycles. The Morgan fingerprint density at radius 2 is 2.24 bits per heavy atom. The lowest BCUT2D eigenvalue weighted by Crippen LogP contribution is -2.40. The Balaban J connectivity index is 1.56. The summed E-state index contributed by atoms with van der Waals surface area (Å²) in [6.45, 7) is 5.27. The molecule has 21 heavy (non-hydrogen) atoms. The number of hydrogen-bond donors (Lipinski definition) is 1. The van der Waals surface area contributed by atoms with Crippen molar-refractivity contribution in [3.8, 4) is 0 Å². The van der Waals surface area contributed by atoms with E-state index < -0.39 is 0 Å². The first-order valence-corrected chi connectivity index (χ1v) is 9.01. The minimum Gasteiger partial charge on any atom is -0.351 e. The topological polar surface area (TPSA) is 40.5 Å². The maximum Gasteiger partial charge on any atom is 0.193 e. The van der Waals surface area contributed by atoms with Gasteiger partial charge in [-0.3, -0.25) is 4.99 Å². The molecular formula is C16H26N4S. The summed E-state index contributed by atoms with van der Waals surface area (Å²) >= 11 is 1.75. The predicted molar refractivity (Wildman–Crippen MR) is 88.8 cm³/mol. The number of aromatic nitrogens is 1. The van der Waals surface area contributed by atoms with Crippen LogP contribution in [0.25, 0.3) is 0 Å². The van der Waals surface area contributed by atoms with Crippen LogP contribution in [-0.4, -0.2) is 36.0 Å². The molecule has 1 spiro atoms. The van der Waals surface area contributed by atoms with Crippen molar-refractivity contribution in [2.24, 2.45) is 10.4 Å². The van der Waals surface area contributed by atoms with E-state index in [9.17, 15) is 0 Å². The number of aryl methyl sites for hydroxylation is 1. The summed E-state index contributed by atoms with van der Waals surface area (Å²) in [4.78, 5) is 11.5. The highest BCUT2D eigenvalue weighted by molar-refractivity contribution is 7.09. The average Bonchev–Trinajstić information content (AvgIpc) is 3.23. The summed E-state index contributed by atoms with van der Waals surface area (Å²) in [5.41, 5.74) is 1.72. The number of nitrogens with one attached hydrogen (secondary N) is 1. The molecule has 0 atom stereocenters. The number of hydrogen-bond acceptors (Lipinski definition) is 3. The van der Waals surface area contributed by atoms with Gasteiger partial charge >= 0.3 is 0 Å². The predicted octanol–water partition coefficient (Wildman–Crippen LogP) is 3.05. The molecule has 5 heteroatoms. The fraction of sp³-hybridized carbons (Fsp3) is 0.750. The molecule has 0 bridgehead atoms. The number of nitrogens with zero attached hydrogens (tertiary/aromatic N) is 3. The van der Waals surface area contributed by atoms with Crippen LogP contribution in [0.5, 0.6) is 0 Å². The molecule has 1 aliphatic heterocycles. The minimum absolute atomic E-state index is 0.591. The van der Waals surface area contributed by atoms with Crippen molar-refractivity contribution in [1.29, 1.82) is 0 Å². The molecule has 1 N–H and O–H groups in total. The van der Waals surface area contributed by atoms with Gasteiger partial charge in [-0.05, 0) is 31.1 Å². The third-order valence-corrected chi connectivity index (χ3v) is 5.99. The molecule has 1 aliphatic carbocycles. The van der Waals surface area contributed by atoms with Gasteiger partial charge in [0, 0.05) is 25.5 Å². The van der Waals surface area contributed by atoms with Crippen LogP contribution in [0, 0.1) is 5.41 Å². The van der Waals surface area contributed by atoms with E-state index >= 15 is 0 Å². The number of aliphatic imine (C=N–C) groups is 1. The van der Waals surface area contributed by atoms with Crippen LogP contribution in [0.4, 0.5) is 0 Å². The van der Waals surface area contributed by atoms with Crippen LogP contribution in [0.2, 0.25) is 0 Å². The van der Waals surface area contributed by atoms with E-state index in [2.05, 4.69) is 32.5 Å². The van der Waals surface area contributed by atoms with Crippen molar-refractivity contribution in [2.45, 2.75) is 52.0 Å². The van der Waals surface area contributed by atoms with Crippen LogP contribution in [0.1, 0.15) is 49.7 Å². The fourth-order valence-corrected chi connectivity index (χ4v) is 4.49. The molecular weight excluding hydrogens is 280 g/mol. The average molecular weight is 306 g/mol. The maximum absolute atomic E-state index is 4.62. The second-order valence-corrected chi connectivity index (χ2v) is 7.31. The highest BCUT2D eigenvalue weighted by Gasteiger charge is 2.41. The normalized spacial score (nSPS) is 21.4. The van der Waals surface area contributed by atoms with Crippen LogP contribution in [0.15, 0.2) is 10.4 Å². The largest absolute Gasteiger partial charge is 0.351 e. The molecule has 0 unspecified atom stereocenters. The Bertz CT molecular complexity index is 502. The number of thiazole rings is 1. The van der Waals surface area contributed by atoms with Crippen LogP contribution >= 0.6 is 11.3 Å². The van der Waals surface area contributed by atoms with E-state index in [1.165, 1.54) is 43.7 Å². The monoisotopic (exact) mass is 306 g/mol. The molecule has 3 rings (SSSR count). The lowest BCUT2D eigenvalue weighted by Gasteiger charge is -2.25. The first-order chi connectivity index (χ1) is 10.2. The standard InChI is InChI=1S/C16H26N4S/c1-3-14-19-13(11-21-14)10-18-15(17-2)20-9-8-16(12-20)6-4-5-7-16/h11H,3-10,12H2,1-2H3,(H,17,18). The van der Waals surface area contributed by atoms with Gasteiger partial charge in [-0.2, -0.15) is 0 Å². The van der Waals surface area contributed by atoms with E-state index in [1.54, 1.807) is 11.3 Å². The van der Waals surface area contributed by atoms with Crippen LogP contribution < -0.4 is 5.32 Å². The molecule has 0 amide bonds. The number of likely N-dealkylation sites (tertiary alicyclic amines) is 1. The quantitative estimate of drug-likeness (QED) is 0.689. The Kier molecular flexibility index (Phi) is 4.48. The van der Waals surface area contributed by atoms with Crippen molar-refractivity contribution in [2.75, 3.05) is 20.1 Å². The van der Waals surface area contributed by atoms with Gasteiger partial charge in [-0.1, -0.05) is 19.8 Å². The summed E-state index contributed by atoms with van der Waals surface area (Å²) in [6, 6.07) is 0. The molecule has 2 aliphatic rings. The third-order valence-electron chi connectivity index (χ3n) is 4.94. The van der Waals surface area contributed by atoms with Crippen LogP contribution in [-0.2, 0) is 13.0 Å². The third kappa shape index (κ3) is 3.23. The summed E-state index contributed by atoms with van der Waals surface area (Å²) in [5.74, 6) is 1.05. The SMILES string of the molecule is CCc1nc(CNC(=NC)N2CCC3(CCCC3)C2)cs1. The van der Waals surface area contributed by atoms with Gasteiger partial charge in [0.15, 0.2) is 5.96 Å². The van der Waals surface area contributed by atoms with Gasteiger partial charge in [0.05, 0.1) is 17.2 Å². The zero-order chi connectivity index (χ0) is 14.7. The smallest absolute Gasteiger partial charge is 0.193 e. The van der Waals surface area contributed by atoms with Crippen molar-refractivity contribution >= 4 is 17.3 Å². The molecule has 2 fully saturated rings. The van der Waals surface area contributed by atoms with Crippen molar-refractivity contribution < 1.29 is 0 Å². The zero-order valence-corrected chi connectivity index (χ0v) is 14.0. The van der Waals surface area contributed by atoms with Gasteiger partial charge < -0.3 is 10.2 Å². The summed E-state index contributed by atoms with van der Waals surface area (Å²) in [6.07, 6.45) is 8.01. The summed E-state index contributed by atoms with van der Waals surface area (Å²) in [7, 11) is 1.89. The first-order valence-electron chi connectivity index (χ1n) is 8.13. The number of rotatable bonds is 3. The highest BCUT2D eigenvalue weighted by atomic mass is 32.1. The van der Waals surface area contributed by atoms with Gasteiger partial charge in [-0.25, -0.2) is 4.98 Å². The maximum atomic E-state index is 4.62. The Morgan fingerprint density at radius 3 is 2.90 bits per heavy atom. The van der Waals surface area contributed by atoms with E-state index in [0.29, 0.717) is 5.41 Å². The molecule has 2 heterocycles. The molecule has 116 valence electrons. The molecule has 1 saturated carbocycles. The summed E-state index contributed by atoms with van der Waals surface area (Å²) in [5, 5.41) is 6.86. The van der Waals surface area contributed by atoms with Gasteiger partial charge in [-0.15, -0.1) is 11.3 Å². The molecule has 1 aromatic rings. The van der Waals surface area contributed by atoms with Gasteiger partial charge in [0.1, 0.15) is 0 Å². The van der Waals surface area contributed by atoms with E-state index in [-0.39, 0.29) is 0 Å². The zero-order valence-electron chi connectivity index (χ0n) is 13.2. The molecule has 0 radical (unpaired) electrons. The molecule has 4 nitrogen and oxygen atoms in total. The van der Waals surface area contributed by atoms with Crippen molar-refractivity contribution in [3.63, 3.8) is 0 Å². The lowest BCUT2D eigenvalue weighted by molar-refractivity contribution is 0.309. The first kappa shape index (κ1) is 14.8. The number of guanidine groups is 1. The Labute approximate surface area is 131 Å². The molecule has 1 aromatic heterocycles. The minimum atomic E-state index is 0.591. The lowest BCUT2D eigenvalue weighted by atomic mass is 9.86. The summed E-state index contributed by atoms with van der Waals surface area (Å²) < 4.78 is 0. The fourth-order valence-electron chi connectivity index (χ4n) is 3.74. The Morgan fingerprint density at radius 1 is 1.43 bits per heavy atom. The van der Waals surface area contributed by atoms with Crippen LogP contribution in [0.3, 0.4) is 0 Å². The van der Waals surface area contributed by atoms with Crippen molar-refractivity contribution in [1.82, 2.24) is 15.2 Å². The van der Waals surface area contributed by atoms with Gasteiger partial charge in [0.2, 0.25) is 0 Å². The Hall–Kier alpha value is -1.10. The molecule has 1 saturated heterocycles. The van der Waals surface area contributed by atoms with E-state index in [4.69, 9.17) is 0 Å². The second kappa shape index (κ2) is 6.34. The van der Waals surface area contributed by atoms with Crippen molar-refractivity contribution in [3.05, 3.63) is 16.1 Å². The second-order valence-electron chi connectivity index (χ2n) is 6.37. The highest BCUT2D eigenvalue weighted by Crippen LogP contribution is 2.45. The van der Waals surface area contributed by atoms with E-state index in [0.717, 1.165) is 31.2 Å². The van der Waals surface area contributed by atoms with Gasteiger partial charge in [0.25, 0.3) is 0 Å².